The molecule has 9 nitrogen and oxygen atoms in total. The number of rotatable bonds is 8. The maximum atomic E-state index is 15.2. The molecule has 0 bridgehead atoms. The Morgan fingerprint density at radius 2 is 1.93 bits per heavy atom. The van der Waals surface area contributed by atoms with Crippen LogP contribution in [0.2, 0.25) is 0 Å². The Morgan fingerprint density at radius 1 is 1.25 bits per heavy atom. The lowest BCUT2D eigenvalue weighted by Crippen LogP contribution is -2.48. The second kappa shape index (κ2) is 12.4. The highest BCUT2D eigenvalue weighted by Crippen LogP contribution is 2.41. The second-order valence-electron chi connectivity index (χ2n) is 12.1. The Balaban J connectivity index is 1.67. The molecule has 44 heavy (non-hydrogen) atoms. The number of hydrogen-bond acceptors (Lipinski definition) is 7. The molecule has 4 heterocycles. The first-order valence-corrected chi connectivity index (χ1v) is 14.9. The van der Waals surface area contributed by atoms with Crippen molar-refractivity contribution in [1.82, 2.24) is 19.4 Å². The molecule has 1 fully saturated rings. The molecule has 0 spiro atoms. The average molecular weight is 616 g/mol. The Labute approximate surface area is 254 Å². The molecular weight excluding hydrogens is 575 g/mol. The van der Waals surface area contributed by atoms with Gasteiger partial charge in [-0.1, -0.05) is 18.2 Å². The number of alkyl halides is 2. The minimum Gasteiger partial charge on any atom is -0.485 e. The lowest BCUT2D eigenvalue weighted by Gasteiger charge is -2.40. The number of ether oxygens (including phenoxy) is 2. The number of fused-ring (bicyclic) bond motifs is 3. The first-order valence-electron chi connectivity index (χ1n) is 14.9. The molecule has 12 heteroatoms. The van der Waals surface area contributed by atoms with Gasteiger partial charge in [0.05, 0.1) is 28.4 Å². The monoisotopic (exact) mass is 615 g/mol. The molecule has 0 radical (unpaired) electrons. The quantitative estimate of drug-likeness (QED) is 0.385. The summed E-state index contributed by atoms with van der Waals surface area (Å²) in [4.78, 5) is 34.8. The zero-order valence-electron chi connectivity index (χ0n) is 26.0. The molecule has 1 N–H and O–H groups in total. The minimum absolute atomic E-state index is 0.0370. The second-order valence-corrected chi connectivity index (χ2v) is 12.1. The van der Waals surface area contributed by atoms with Crippen LogP contribution in [0.4, 0.5) is 19.0 Å². The van der Waals surface area contributed by atoms with Crippen LogP contribution in [0.1, 0.15) is 68.0 Å². The van der Waals surface area contributed by atoms with Gasteiger partial charge < -0.3 is 29.2 Å². The van der Waals surface area contributed by atoms with E-state index in [4.69, 9.17) is 14.5 Å². The number of carbonyl (C=O) groups excluding carboxylic acids is 1. The molecule has 2 aromatic heterocycles. The van der Waals surface area contributed by atoms with E-state index in [1.54, 1.807) is 36.6 Å². The fraction of sp³-hybridized carbons (Fsp3) is 0.531. The number of hydrogen-bond donors (Lipinski definition) is 1. The van der Waals surface area contributed by atoms with Crippen LogP contribution in [0.3, 0.4) is 0 Å². The number of halogens is 3. The molecule has 1 aromatic carbocycles. The number of carbonyl (C=O) groups is 1. The van der Waals surface area contributed by atoms with Crippen LogP contribution in [0.15, 0.2) is 29.1 Å². The number of amides is 1. The van der Waals surface area contributed by atoms with E-state index >= 15 is 4.39 Å². The Hall–Kier alpha value is -3.64. The van der Waals surface area contributed by atoms with Gasteiger partial charge in [-0.3, -0.25) is 9.59 Å². The van der Waals surface area contributed by atoms with Crippen molar-refractivity contribution in [2.24, 2.45) is 7.05 Å². The number of piperidine rings is 1. The molecule has 1 amide bonds. The summed E-state index contributed by atoms with van der Waals surface area (Å²) >= 11 is 0. The number of aromatic nitrogens is 2. The van der Waals surface area contributed by atoms with Crippen LogP contribution in [-0.4, -0.2) is 72.2 Å². The summed E-state index contributed by atoms with van der Waals surface area (Å²) < 4.78 is 56.2. The molecule has 0 aliphatic carbocycles. The maximum absolute atomic E-state index is 15.2. The lowest BCUT2D eigenvalue weighted by molar-refractivity contribution is -0.135. The third kappa shape index (κ3) is 5.77. The smallest absolute Gasteiger partial charge is 0.266 e. The van der Waals surface area contributed by atoms with Crippen molar-refractivity contribution in [2.75, 3.05) is 46.2 Å². The summed E-state index contributed by atoms with van der Waals surface area (Å²) in [6.07, 6.45) is -0.893. The summed E-state index contributed by atoms with van der Waals surface area (Å²) in [5.74, 6) is -0.105. The van der Waals surface area contributed by atoms with Crippen LogP contribution in [0.5, 0.6) is 5.75 Å². The number of likely N-dealkylation sites (tertiary alicyclic amines) is 1. The fourth-order valence-corrected chi connectivity index (χ4v) is 6.48. The number of anilines is 1. The minimum atomic E-state index is -2.95. The first kappa shape index (κ1) is 31.8. The van der Waals surface area contributed by atoms with Gasteiger partial charge in [0.2, 0.25) is 5.91 Å². The normalized spacial score (nSPS) is 18.8. The summed E-state index contributed by atoms with van der Waals surface area (Å²) in [7, 11) is 7.18. The number of benzene rings is 1. The molecule has 3 aromatic rings. The number of methoxy groups -OCH3 is 1. The van der Waals surface area contributed by atoms with E-state index < -0.39 is 29.4 Å². The van der Waals surface area contributed by atoms with Crippen molar-refractivity contribution in [3.05, 3.63) is 62.8 Å². The van der Waals surface area contributed by atoms with Gasteiger partial charge in [0.15, 0.2) is 5.75 Å². The SMILES string of the molecule is COC1(c2cc3c(N[C@H](C)c4cccc(C(F)F)c4F)nc4c(c3n(C)c2=O)O[C@@H](CN(C)C)CC4)CCN(C(C)=O)CC1. The van der Waals surface area contributed by atoms with Crippen LogP contribution in [-0.2, 0) is 28.6 Å². The highest BCUT2D eigenvalue weighted by atomic mass is 19.3. The molecule has 0 unspecified atom stereocenters. The molecule has 0 saturated carbocycles. The number of nitrogens with zero attached hydrogens (tertiary/aromatic N) is 4. The Kier molecular flexibility index (Phi) is 8.95. The molecule has 2 aliphatic heterocycles. The van der Waals surface area contributed by atoms with Crippen LogP contribution < -0.4 is 15.6 Å². The van der Waals surface area contributed by atoms with E-state index in [1.807, 2.05) is 19.0 Å². The third-order valence-electron chi connectivity index (χ3n) is 8.96. The summed E-state index contributed by atoms with van der Waals surface area (Å²) in [6.45, 7) is 4.75. The lowest BCUT2D eigenvalue weighted by atomic mass is 9.84. The van der Waals surface area contributed by atoms with E-state index in [0.717, 1.165) is 12.5 Å². The van der Waals surface area contributed by atoms with Crippen molar-refractivity contribution in [2.45, 2.75) is 63.7 Å². The highest BCUT2D eigenvalue weighted by Gasteiger charge is 2.40. The average Bonchev–Trinajstić information content (AvgIpc) is 2.98. The van der Waals surface area contributed by atoms with Crippen LogP contribution >= 0.6 is 0 Å². The molecular formula is C32H40F3N5O4. The van der Waals surface area contributed by atoms with Crippen LogP contribution in [0.25, 0.3) is 10.9 Å². The molecule has 1 saturated heterocycles. The van der Waals surface area contributed by atoms with Crippen molar-refractivity contribution in [1.29, 1.82) is 0 Å². The van der Waals surface area contributed by atoms with Crippen molar-refractivity contribution in [3.8, 4) is 5.75 Å². The van der Waals surface area contributed by atoms with Crippen molar-refractivity contribution >= 4 is 22.6 Å². The first-order chi connectivity index (χ1) is 20.9. The molecule has 5 rings (SSSR count). The number of aryl methyl sites for hydroxylation is 2. The predicted molar refractivity (Wildman–Crippen MR) is 162 cm³/mol. The van der Waals surface area contributed by atoms with Gasteiger partial charge in [-0.15, -0.1) is 0 Å². The van der Waals surface area contributed by atoms with Gasteiger partial charge >= 0.3 is 0 Å². The standard InChI is InChI=1S/C32H40F3N5O4/c1-18(21-8-7-9-22(26(21)33)29(34)35)36-30-23-16-24(32(43-6)12-14-40(15-13-32)19(2)41)31(42)39(5)27(23)28-25(37-30)11-10-20(44-28)17-38(3)4/h7-9,16,18,20,29H,10-15,17H2,1-6H3,(H,36,37)/t18-,20-/m1/s1. The molecule has 2 atom stereocenters. The van der Waals surface area contributed by atoms with Crippen molar-refractivity contribution < 1.29 is 27.4 Å². The highest BCUT2D eigenvalue weighted by molar-refractivity contribution is 5.95. The van der Waals surface area contributed by atoms with Gasteiger partial charge in [0.1, 0.15) is 23.3 Å². The number of likely N-dealkylation sites (N-methyl/N-ethyl adjacent to an activating group) is 1. The van der Waals surface area contributed by atoms with E-state index in [9.17, 15) is 18.4 Å². The largest absolute Gasteiger partial charge is 0.485 e. The van der Waals surface area contributed by atoms with E-state index in [1.165, 1.54) is 19.1 Å². The number of nitrogens with one attached hydrogen (secondary N) is 1. The van der Waals surface area contributed by atoms with Gasteiger partial charge in [-0.05, 0) is 52.8 Å². The Morgan fingerprint density at radius 3 is 2.55 bits per heavy atom. The Bertz CT molecular complexity index is 1620. The zero-order chi connectivity index (χ0) is 31.9. The predicted octanol–water partition coefficient (Wildman–Crippen LogP) is 4.92. The van der Waals surface area contributed by atoms with E-state index in [-0.39, 0.29) is 23.1 Å². The molecule has 238 valence electrons. The summed E-state index contributed by atoms with van der Waals surface area (Å²) in [5.41, 5.74) is -0.172. The van der Waals surface area contributed by atoms with Gasteiger partial charge in [-0.25, -0.2) is 18.2 Å². The topological polar surface area (TPSA) is 88.9 Å². The summed E-state index contributed by atoms with van der Waals surface area (Å²) in [5, 5.41) is 3.83. The summed E-state index contributed by atoms with van der Waals surface area (Å²) in [6, 6.07) is 4.99. The zero-order valence-corrected chi connectivity index (χ0v) is 26.0. The van der Waals surface area contributed by atoms with Gasteiger partial charge in [0.25, 0.3) is 12.0 Å². The molecule has 2 aliphatic rings. The van der Waals surface area contributed by atoms with Crippen molar-refractivity contribution in [3.63, 3.8) is 0 Å². The fourth-order valence-electron chi connectivity index (χ4n) is 6.48. The van der Waals surface area contributed by atoms with E-state index in [2.05, 4.69) is 5.32 Å². The van der Waals surface area contributed by atoms with E-state index in [0.29, 0.717) is 72.6 Å². The van der Waals surface area contributed by atoms with Crippen LogP contribution in [0, 0.1) is 5.82 Å². The van der Waals surface area contributed by atoms with Gasteiger partial charge in [-0.2, -0.15) is 0 Å². The third-order valence-corrected chi connectivity index (χ3v) is 8.96. The van der Waals surface area contributed by atoms with Gasteiger partial charge in [0, 0.05) is 51.7 Å². The maximum Gasteiger partial charge on any atom is 0.266 e. The number of pyridine rings is 2.